The van der Waals surface area contributed by atoms with Crippen LogP contribution in [0.15, 0.2) is 30.5 Å². The van der Waals surface area contributed by atoms with Gasteiger partial charge in [0.05, 0.1) is 16.0 Å². The molecule has 4 rings (SSSR count). The highest BCUT2D eigenvalue weighted by molar-refractivity contribution is 6.30. The number of halogens is 4. The first-order valence-electron chi connectivity index (χ1n) is 9.72. The van der Waals surface area contributed by atoms with E-state index in [0.717, 1.165) is 6.07 Å². The maximum absolute atomic E-state index is 14.3. The number of aromatic nitrogens is 4. The fourth-order valence-electron chi connectivity index (χ4n) is 3.62. The van der Waals surface area contributed by atoms with Crippen LogP contribution in [0.5, 0.6) is 0 Å². The number of nitrogen functional groups attached to an aromatic ring is 2. The van der Waals surface area contributed by atoms with Crippen LogP contribution in [0.1, 0.15) is 30.8 Å². The number of aldehydes is 1. The number of pyridine rings is 1. The molecule has 0 bridgehead atoms. The molecule has 0 saturated carbocycles. The molecule has 0 atom stereocenters. The van der Waals surface area contributed by atoms with Gasteiger partial charge in [0.2, 0.25) is 0 Å². The summed E-state index contributed by atoms with van der Waals surface area (Å²) in [5.41, 5.74) is 11.6. The summed E-state index contributed by atoms with van der Waals surface area (Å²) in [5.74, 6) is -3.21. The lowest BCUT2D eigenvalue weighted by Crippen LogP contribution is -2.24. The highest BCUT2D eigenvalue weighted by Crippen LogP contribution is 2.33. The molecular formula is C22H18ClF3N6O. The predicted molar refractivity (Wildman–Crippen MR) is 118 cm³/mol. The summed E-state index contributed by atoms with van der Waals surface area (Å²) in [7, 11) is 0. The van der Waals surface area contributed by atoms with Crippen molar-refractivity contribution in [2.24, 2.45) is 0 Å². The normalized spacial score (nSPS) is 11.8. The Hall–Kier alpha value is -3.66. The van der Waals surface area contributed by atoms with Gasteiger partial charge in [-0.1, -0.05) is 11.6 Å². The molecule has 3 aromatic heterocycles. The van der Waals surface area contributed by atoms with Gasteiger partial charge in [-0.3, -0.25) is 0 Å². The maximum Gasteiger partial charge on any atom is 0.184 e. The molecule has 0 aliphatic heterocycles. The van der Waals surface area contributed by atoms with Crippen molar-refractivity contribution >= 4 is 35.0 Å². The van der Waals surface area contributed by atoms with Crippen LogP contribution in [0.25, 0.3) is 17.0 Å². The molecule has 1 aromatic carbocycles. The highest BCUT2D eigenvalue weighted by atomic mass is 35.5. The molecule has 3 heterocycles. The van der Waals surface area contributed by atoms with Crippen molar-refractivity contribution in [2.75, 3.05) is 11.5 Å². The zero-order valence-corrected chi connectivity index (χ0v) is 18.3. The van der Waals surface area contributed by atoms with Gasteiger partial charge in [0.15, 0.2) is 17.5 Å². The standard InChI is InChI=1S/C22H18ClF3N6O/c1-22(2,9-33)16-19(27)30-21(31-20(16)28)18-14-6-3-10(23)8-32(14)15(29-18)7-11-12(24)4-5-13(25)17(11)26/h3-6,8-9H,7H2,1-2H3,(H4,27,28,30,31). The lowest BCUT2D eigenvalue weighted by Gasteiger charge is -2.20. The van der Waals surface area contributed by atoms with Crippen LogP contribution in [0.4, 0.5) is 24.8 Å². The second kappa shape index (κ2) is 8.04. The van der Waals surface area contributed by atoms with Crippen LogP contribution in [0, 0.1) is 17.5 Å². The van der Waals surface area contributed by atoms with Gasteiger partial charge in [0.1, 0.15) is 35.3 Å². The zero-order chi connectivity index (χ0) is 24.1. The first-order valence-corrected chi connectivity index (χ1v) is 10.1. The molecule has 0 aliphatic carbocycles. The minimum absolute atomic E-state index is 0.00603. The molecule has 0 unspecified atom stereocenters. The second-order valence-electron chi connectivity index (χ2n) is 8.01. The Kier molecular flexibility index (Phi) is 5.49. The molecule has 170 valence electrons. The average molecular weight is 475 g/mol. The fourth-order valence-corrected chi connectivity index (χ4v) is 3.78. The van der Waals surface area contributed by atoms with Crippen LogP contribution in [-0.4, -0.2) is 25.6 Å². The van der Waals surface area contributed by atoms with Gasteiger partial charge < -0.3 is 20.7 Å². The summed E-state index contributed by atoms with van der Waals surface area (Å²) in [6, 6.07) is 4.76. The predicted octanol–water partition coefficient (Wildman–Crippen LogP) is 4.09. The van der Waals surface area contributed by atoms with Crippen LogP contribution in [0.3, 0.4) is 0 Å². The van der Waals surface area contributed by atoms with Crippen molar-refractivity contribution in [2.45, 2.75) is 25.7 Å². The van der Waals surface area contributed by atoms with E-state index < -0.39 is 28.4 Å². The number of fused-ring (bicyclic) bond motifs is 1. The number of imidazole rings is 1. The van der Waals surface area contributed by atoms with E-state index in [4.69, 9.17) is 23.1 Å². The van der Waals surface area contributed by atoms with Gasteiger partial charge >= 0.3 is 0 Å². The molecule has 33 heavy (non-hydrogen) atoms. The minimum Gasteiger partial charge on any atom is -0.383 e. The zero-order valence-electron chi connectivity index (χ0n) is 17.5. The Labute approximate surface area is 191 Å². The first kappa shape index (κ1) is 22.5. The van der Waals surface area contributed by atoms with Crippen molar-refractivity contribution in [3.05, 3.63) is 69.9 Å². The van der Waals surface area contributed by atoms with E-state index in [0.29, 0.717) is 22.9 Å². The molecule has 0 radical (unpaired) electrons. The van der Waals surface area contributed by atoms with E-state index in [1.807, 2.05) is 0 Å². The molecule has 0 spiro atoms. The second-order valence-corrected chi connectivity index (χ2v) is 8.45. The van der Waals surface area contributed by atoms with E-state index in [1.165, 1.54) is 10.6 Å². The van der Waals surface area contributed by atoms with E-state index in [9.17, 15) is 18.0 Å². The maximum atomic E-state index is 14.3. The number of nitrogens with zero attached hydrogens (tertiary/aromatic N) is 4. The van der Waals surface area contributed by atoms with Gasteiger partial charge in [0.25, 0.3) is 0 Å². The smallest absolute Gasteiger partial charge is 0.184 e. The average Bonchev–Trinajstić information content (AvgIpc) is 3.10. The van der Waals surface area contributed by atoms with Gasteiger partial charge in [-0.25, -0.2) is 28.1 Å². The van der Waals surface area contributed by atoms with Crippen molar-refractivity contribution < 1.29 is 18.0 Å². The summed E-state index contributed by atoms with van der Waals surface area (Å²) >= 11 is 6.11. The van der Waals surface area contributed by atoms with E-state index in [-0.39, 0.29) is 41.0 Å². The minimum atomic E-state index is -1.31. The third-order valence-electron chi connectivity index (χ3n) is 5.26. The third kappa shape index (κ3) is 3.86. The Bertz CT molecular complexity index is 1400. The Morgan fingerprint density at radius 2 is 1.67 bits per heavy atom. The molecule has 4 aromatic rings. The summed E-state index contributed by atoms with van der Waals surface area (Å²) in [5, 5.41) is 0.330. The molecule has 0 fully saturated rings. The monoisotopic (exact) mass is 474 g/mol. The highest BCUT2D eigenvalue weighted by Gasteiger charge is 2.29. The lowest BCUT2D eigenvalue weighted by molar-refractivity contribution is -0.111. The van der Waals surface area contributed by atoms with E-state index >= 15 is 0 Å². The van der Waals surface area contributed by atoms with Crippen molar-refractivity contribution in [3.8, 4) is 11.5 Å². The number of carbonyl (C=O) groups is 1. The van der Waals surface area contributed by atoms with E-state index in [1.54, 1.807) is 26.0 Å². The number of carbonyl (C=O) groups excluding carboxylic acids is 1. The number of anilines is 2. The fraction of sp³-hybridized carbons (Fsp3) is 0.182. The van der Waals surface area contributed by atoms with Crippen LogP contribution >= 0.6 is 11.6 Å². The van der Waals surface area contributed by atoms with Gasteiger partial charge in [0, 0.05) is 23.7 Å². The van der Waals surface area contributed by atoms with Gasteiger partial charge in [-0.15, -0.1) is 0 Å². The number of hydrogen-bond acceptors (Lipinski definition) is 6. The van der Waals surface area contributed by atoms with Gasteiger partial charge in [-0.2, -0.15) is 0 Å². The Balaban J connectivity index is 1.91. The SMILES string of the molecule is CC(C)(C=O)c1c(N)nc(-c2nc(Cc3c(F)ccc(F)c3F)n3cc(Cl)ccc23)nc1N. The van der Waals surface area contributed by atoms with Crippen molar-refractivity contribution in [1.82, 2.24) is 19.4 Å². The lowest BCUT2D eigenvalue weighted by atomic mass is 9.86. The molecule has 7 nitrogen and oxygen atoms in total. The molecule has 0 saturated heterocycles. The summed E-state index contributed by atoms with van der Waals surface area (Å²) in [6.45, 7) is 3.25. The quantitative estimate of drug-likeness (QED) is 0.333. The number of hydrogen-bond donors (Lipinski definition) is 2. The van der Waals surface area contributed by atoms with Crippen LogP contribution in [-0.2, 0) is 16.6 Å². The summed E-state index contributed by atoms with van der Waals surface area (Å²) < 4.78 is 43.8. The third-order valence-corrected chi connectivity index (χ3v) is 5.49. The summed E-state index contributed by atoms with van der Waals surface area (Å²) in [6.07, 6.45) is 1.80. The topological polar surface area (TPSA) is 112 Å². The van der Waals surface area contributed by atoms with Crippen molar-refractivity contribution in [3.63, 3.8) is 0 Å². The van der Waals surface area contributed by atoms with Crippen molar-refractivity contribution in [1.29, 1.82) is 0 Å². The largest absolute Gasteiger partial charge is 0.383 e. The van der Waals surface area contributed by atoms with Crippen LogP contribution < -0.4 is 11.5 Å². The van der Waals surface area contributed by atoms with E-state index in [2.05, 4.69) is 15.0 Å². The molecule has 0 amide bonds. The molecular weight excluding hydrogens is 457 g/mol. The number of nitrogens with two attached hydrogens (primary N) is 2. The molecule has 11 heteroatoms. The number of benzene rings is 1. The first-order chi connectivity index (χ1) is 15.5. The molecule has 4 N–H and O–H groups in total. The number of rotatable bonds is 5. The summed E-state index contributed by atoms with van der Waals surface area (Å²) in [4.78, 5) is 24.5. The van der Waals surface area contributed by atoms with Crippen LogP contribution in [0.2, 0.25) is 5.02 Å². The Morgan fingerprint density at radius 1 is 1.03 bits per heavy atom. The Morgan fingerprint density at radius 3 is 2.30 bits per heavy atom. The van der Waals surface area contributed by atoms with Gasteiger partial charge in [-0.05, 0) is 38.1 Å². The molecule has 0 aliphatic rings.